The molecule has 2 aromatic rings. The summed E-state index contributed by atoms with van der Waals surface area (Å²) in [5.74, 6) is 0.612. The molecule has 0 radical (unpaired) electrons. The average molecular weight is 341 g/mol. The second-order valence-corrected chi connectivity index (χ2v) is 5.76. The quantitative estimate of drug-likeness (QED) is 0.908. The molecule has 1 atom stereocenters. The van der Waals surface area contributed by atoms with E-state index in [1.165, 1.54) is 0 Å². The molecule has 0 bridgehead atoms. The van der Waals surface area contributed by atoms with Crippen molar-refractivity contribution in [1.29, 1.82) is 0 Å². The minimum Gasteiger partial charge on any atom is -0.313 e. The van der Waals surface area contributed by atoms with E-state index in [1.807, 2.05) is 31.6 Å². The van der Waals surface area contributed by atoms with Gasteiger partial charge in [-0.15, -0.1) is 0 Å². The maximum atomic E-state index is 14.2. The fraction of sp³-hybridized carbons (Fsp3) is 0.429. The molecule has 1 heterocycles. The molecule has 0 amide bonds. The molecule has 0 fully saturated rings. The van der Waals surface area contributed by atoms with E-state index < -0.39 is 0 Å². The van der Waals surface area contributed by atoms with E-state index in [9.17, 15) is 4.39 Å². The number of rotatable bonds is 5. The maximum absolute atomic E-state index is 14.2. The van der Waals surface area contributed by atoms with Crippen LogP contribution in [0.5, 0.6) is 0 Å². The van der Waals surface area contributed by atoms with Crippen LogP contribution in [-0.4, -0.2) is 21.8 Å². The summed E-state index contributed by atoms with van der Waals surface area (Å²) in [6.07, 6.45) is 2.13. The van der Waals surface area contributed by atoms with Crippen LogP contribution in [0.15, 0.2) is 29.0 Å². The number of aromatic nitrogens is 3. The molecule has 2 rings (SSSR count). The fourth-order valence-corrected chi connectivity index (χ4v) is 2.57. The third-order valence-corrected chi connectivity index (χ3v) is 3.84. The Bertz CT molecular complexity index is 582. The van der Waals surface area contributed by atoms with E-state index in [2.05, 4.69) is 31.3 Å². The average Bonchev–Trinajstić information content (AvgIpc) is 2.88. The van der Waals surface area contributed by atoms with Gasteiger partial charge in [0.25, 0.3) is 0 Å². The molecule has 1 N–H and O–H groups in total. The van der Waals surface area contributed by atoms with Gasteiger partial charge < -0.3 is 5.32 Å². The smallest absolute Gasteiger partial charge is 0.142 e. The minimum absolute atomic E-state index is 0.144. The zero-order valence-corrected chi connectivity index (χ0v) is 13.4. The van der Waals surface area contributed by atoms with Gasteiger partial charge in [-0.1, -0.05) is 12.1 Å². The molecule has 0 spiro atoms. The Morgan fingerprint density at radius 2 is 2.15 bits per heavy atom. The maximum Gasteiger partial charge on any atom is 0.142 e. The summed E-state index contributed by atoms with van der Waals surface area (Å²) in [5.41, 5.74) is 0.625. The molecule has 0 aliphatic heterocycles. The van der Waals surface area contributed by atoms with Gasteiger partial charge in [0.05, 0.1) is 4.47 Å². The number of nitrogens with zero attached hydrogens (tertiary/aromatic N) is 3. The number of hydrogen-bond acceptors (Lipinski definition) is 3. The van der Waals surface area contributed by atoms with E-state index in [-0.39, 0.29) is 17.9 Å². The first-order chi connectivity index (χ1) is 9.54. The van der Waals surface area contributed by atoms with Gasteiger partial charge in [0.15, 0.2) is 0 Å². The number of likely N-dealkylation sites (N-methyl/N-ethyl adjacent to an activating group) is 1. The summed E-state index contributed by atoms with van der Waals surface area (Å²) in [5, 5.41) is 7.36. The van der Waals surface area contributed by atoms with Gasteiger partial charge >= 0.3 is 0 Å². The summed E-state index contributed by atoms with van der Waals surface area (Å²) in [4.78, 5) is 4.28. The van der Waals surface area contributed by atoms with Crippen LogP contribution in [0.1, 0.15) is 37.3 Å². The van der Waals surface area contributed by atoms with E-state index in [4.69, 9.17) is 0 Å². The van der Waals surface area contributed by atoms with Crippen molar-refractivity contribution in [3.63, 3.8) is 0 Å². The van der Waals surface area contributed by atoms with Crippen LogP contribution in [-0.2, 0) is 6.42 Å². The van der Waals surface area contributed by atoms with Crippen LogP contribution < -0.4 is 5.32 Å². The number of nitrogens with one attached hydrogen (secondary N) is 1. The SMILES string of the molecule is CNC(Cc1ncnn1C(C)C)c1cccc(Br)c1F. The van der Waals surface area contributed by atoms with Crippen LogP contribution in [0.3, 0.4) is 0 Å². The Labute approximate surface area is 126 Å². The number of hydrogen-bond donors (Lipinski definition) is 1. The van der Waals surface area contributed by atoms with Gasteiger partial charge in [-0.25, -0.2) is 14.1 Å². The van der Waals surface area contributed by atoms with Crippen molar-refractivity contribution in [2.24, 2.45) is 0 Å². The van der Waals surface area contributed by atoms with Crippen molar-refractivity contribution in [3.8, 4) is 0 Å². The summed E-state index contributed by atoms with van der Waals surface area (Å²) >= 11 is 3.22. The van der Waals surface area contributed by atoms with Crippen molar-refractivity contribution < 1.29 is 4.39 Å². The zero-order valence-electron chi connectivity index (χ0n) is 11.8. The van der Waals surface area contributed by atoms with E-state index in [0.717, 1.165) is 5.82 Å². The molecule has 20 heavy (non-hydrogen) atoms. The molecule has 0 saturated heterocycles. The Morgan fingerprint density at radius 1 is 1.40 bits per heavy atom. The molecule has 1 aromatic carbocycles. The standard InChI is InChI=1S/C14H18BrFN4/c1-9(2)20-13(18-8-19-20)7-12(17-3)10-5-4-6-11(15)14(10)16/h4-6,8-9,12,17H,7H2,1-3H3. The highest BCUT2D eigenvalue weighted by Gasteiger charge is 2.19. The third kappa shape index (κ3) is 3.07. The second kappa shape index (κ2) is 6.45. The lowest BCUT2D eigenvalue weighted by molar-refractivity contribution is 0.468. The fourth-order valence-electron chi connectivity index (χ4n) is 2.19. The Balaban J connectivity index is 2.29. The van der Waals surface area contributed by atoms with Gasteiger partial charge in [0, 0.05) is 24.1 Å². The van der Waals surface area contributed by atoms with Crippen LogP contribution in [0.2, 0.25) is 0 Å². The highest BCUT2D eigenvalue weighted by Crippen LogP contribution is 2.26. The molecule has 1 aromatic heterocycles. The van der Waals surface area contributed by atoms with E-state index in [0.29, 0.717) is 16.5 Å². The molecule has 4 nitrogen and oxygen atoms in total. The van der Waals surface area contributed by atoms with Gasteiger partial charge in [-0.2, -0.15) is 5.10 Å². The first-order valence-electron chi connectivity index (χ1n) is 6.54. The Hall–Kier alpha value is -1.27. The van der Waals surface area contributed by atoms with Crippen molar-refractivity contribution in [3.05, 3.63) is 46.2 Å². The molecule has 0 saturated carbocycles. The molecular formula is C14H18BrFN4. The molecule has 0 aliphatic rings. The topological polar surface area (TPSA) is 42.7 Å². The lowest BCUT2D eigenvalue weighted by Gasteiger charge is -2.18. The summed E-state index contributed by atoms with van der Waals surface area (Å²) in [7, 11) is 1.82. The highest BCUT2D eigenvalue weighted by atomic mass is 79.9. The lowest BCUT2D eigenvalue weighted by Crippen LogP contribution is -2.22. The van der Waals surface area contributed by atoms with Gasteiger partial charge in [0.2, 0.25) is 0 Å². The molecule has 108 valence electrons. The minimum atomic E-state index is -0.234. The largest absolute Gasteiger partial charge is 0.313 e. The summed E-state index contributed by atoms with van der Waals surface area (Å²) < 4.78 is 16.5. The third-order valence-electron chi connectivity index (χ3n) is 3.23. The van der Waals surface area contributed by atoms with Gasteiger partial charge in [0.1, 0.15) is 18.0 Å². The van der Waals surface area contributed by atoms with Crippen molar-refractivity contribution >= 4 is 15.9 Å². The first kappa shape index (κ1) is 15.1. The molecule has 6 heteroatoms. The van der Waals surface area contributed by atoms with E-state index >= 15 is 0 Å². The molecule has 0 aliphatic carbocycles. The summed E-state index contributed by atoms with van der Waals surface area (Å²) in [6.45, 7) is 4.10. The number of benzene rings is 1. The number of halogens is 2. The normalized spacial score (nSPS) is 12.9. The summed E-state index contributed by atoms with van der Waals surface area (Å²) in [6, 6.07) is 5.41. The molecular weight excluding hydrogens is 323 g/mol. The highest BCUT2D eigenvalue weighted by molar-refractivity contribution is 9.10. The monoisotopic (exact) mass is 340 g/mol. The van der Waals surface area contributed by atoms with Gasteiger partial charge in [-0.05, 0) is 42.9 Å². The predicted octanol–water partition coefficient (Wildman–Crippen LogP) is 3.26. The van der Waals surface area contributed by atoms with E-state index in [1.54, 1.807) is 18.5 Å². The van der Waals surface area contributed by atoms with Gasteiger partial charge in [-0.3, -0.25) is 0 Å². The predicted molar refractivity (Wildman–Crippen MR) is 80.0 cm³/mol. The van der Waals surface area contributed by atoms with Crippen molar-refractivity contribution in [2.45, 2.75) is 32.4 Å². The van der Waals surface area contributed by atoms with Crippen LogP contribution in [0.4, 0.5) is 4.39 Å². The first-order valence-corrected chi connectivity index (χ1v) is 7.33. The van der Waals surface area contributed by atoms with Crippen molar-refractivity contribution in [2.75, 3.05) is 7.05 Å². The zero-order chi connectivity index (χ0) is 14.7. The van der Waals surface area contributed by atoms with Crippen LogP contribution >= 0.6 is 15.9 Å². The Kier molecular flexibility index (Phi) is 4.88. The Morgan fingerprint density at radius 3 is 2.80 bits per heavy atom. The molecule has 1 unspecified atom stereocenters. The van der Waals surface area contributed by atoms with Crippen molar-refractivity contribution in [1.82, 2.24) is 20.1 Å². The lowest BCUT2D eigenvalue weighted by atomic mass is 10.0. The van der Waals surface area contributed by atoms with Crippen LogP contribution in [0, 0.1) is 5.82 Å². The second-order valence-electron chi connectivity index (χ2n) is 4.90. The van der Waals surface area contributed by atoms with Crippen LogP contribution in [0.25, 0.3) is 0 Å².